The first-order valence-electron chi connectivity index (χ1n) is 9.17. The van der Waals surface area contributed by atoms with Crippen LogP contribution in [0.4, 0.5) is 0 Å². The molecule has 28 heavy (non-hydrogen) atoms. The fourth-order valence-electron chi connectivity index (χ4n) is 3.00. The molecule has 0 radical (unpaired) electrons. The second kappa shape index (κ2) is 8.86. The van der Waals surface area contributed by atoms with Crippen molar-refractivity contribution in [3.05, 3.63) is 72.7 Å². The van der Waals surface area contributed by atoms with Crippen molar-refractivity contribution in [2.45, 2.75) is 11.7 Å². The van der Waals surface area contributed by atoms with Gasteiger partial charge in [-0.1, -0.05) is 66.4 Å². The maximum absolute atomic E-state index is 4.24. The Hall–Kier alpha value is -2.90. The van der Waals surface area contributed by atoms with Gasteiger partial charge in [0.05, 0.1) is 11.9 Å². The number of benzene rings is 2. The second-order valence-electron chi connectivity index (χ2n) is 6.46. The van der Waals surface area contributed by atoms with Crippen molar-refractivity contribution in [3.8, 4) is 22.4 Å². The molecular formula is C21H22N6S. The fraction of sp³-hybridized carbons (Fsp3) is 0.190. The highest BCUT2D eigenvalue weighted by Crippen LogP contribution is 2.25. The van der Waals surface area contributed by atoms with Gasteiger partial charge in [0.15, 0.2) is 5.16 Å². The number of nitrogens with one attached hydrogen (secondary N) is 2. The molecule has 0 bridgehead atoms. The Labute approximate surface area is 168 Å². The van der Waals surface area contributed by atoms with Gasteiger partial charge in [0.2, 0.25) is 0 Å². The lowest BCUT2D eigenvalue weighted by Gasteiger charge is -2.07. The van der Waals surface area contributed by atoms with Crippen molar-refractivity contribution >= 4 is 11.8 Å². The van der Waals surface area contributed by atoms with E-state index in [1.54, 1.807) is 18.1 Å². The Morgan fingerprint density at radius 2 is 1.75 bits per heavy atom. The van der Waals surface area contributed by atoms with Crippen LogP contribution in [0.5, 0.6) is 0 Å². The minimum absolute atomic E-state index is 0.769. The Balaban J connectivity index is 1.34. The van der Waals surface area contributed by atoms with E-state index in [4.69, 9.17) is 0 Å². The van der Waals surface area contributed by atoms with Crippen molar-refractivity contribution in [2.75, 3.05) is 12.3 Å². The number of nitrogens with zero attached hydrogens (tertiary/aromatic N) is 4. The summed E-state index contributed by atoms with van der Waals surface area (Å²) in [4.78, 5) is 0. The van der Waals surface area contributed by atoms with E-state index in [1.165, 1.54) is 11.1 Å². The predicted octanol–water partition coefficient (Wildman–Crippen LogP) is 3.75. The molecule has 2 heterocycles. The van der Waals surface area contributed by atoms with E-state index in [-0.39, 0.29) is 0 Å². The summed E-state index contributed by atoms with van der Waals surface area (Å²) in [6, 6.07) is 19.0. The molecule has 0 saturated heterocycles. The van der Waals surface area contributed by atoms with Gasteiger partial charge < -0.3 is 9.88 Å². The maximum atomic E-state index is 4.24. The topological polar surface area (TPSA) is 71.4 Å². The van der Waals surface area contributed by atoms with Crippen LogP contribution >= 0.6 is 11.8 Å². The molecule has 2 N–H and O–H groups in total. The zero-order chi connectivity index (χ0) is 19.2. The molecular weight excluding hydrogens is 368 g/mol. The highest BCUT2D eigenvalue weighted by Gasteiger charge is 2.08. The molecule has 0 aliphatic heterocycles. The first kappa shape index (κ1) is 18.5. The van der Waals surface area contributed by atoms with E-state index < -0.39 is 0 Å². The quantitative estimate of drug-likeness (QED) is 0.354. The lowest BCUT2D eigenvalue weighted by Crippen LogP contribution is -2.16. The number of H-pyrrole nitrogens is 1. The molecule has 7 heteroatoms. The van der Waals surface area contributed by atoms with Gasteiger partial charge in [-0.15, -0.1) is 10.2 Å². The third-order valence-corrected chi connectivity index (χ3v) is 5.53. The summed E-state index contributed by atoms with van der Waals surface area (Å²) in [5, 5.41) is 19.8. The lowest BCUT2D eigenvalue weighted by atomic mass is 10.0. The van der Waals surface area contributed by atoms with Crippen molar-refractivity contribution in [1.82, 2.24) is 30.3 Å². The first-order chi connectivity index (χ1) is 13.8. The molecule has 0 fully saturated rings. The highest BCUT2D eigenvalue weighted by molar-refractivity contribution is 7.99. The van der Waals surface area contributed by atoms with Crippen LogP contribution in [0.2, 0.25) is 0 Å². The summed E-state index contributed by atoms with van der Waals surface area (Å²) in [6.07, 6.45) is 3.61. The monoisotopic (exact) mass is 390 g/mol. The van der Waals surface area contributed by atoms with E-state index in [0.29, 0.717) is 0 Å². The van der Waals surface area contributed by atoms with Gasteiger partial charge in [-0.05, 0) is 16.7 Å². The largest absolute Gasteiger partial charge is 0.312 e. The molecule has 4 rings (SSSR count). The van der Waals surface area contributed by atoms with E-state index in [9.17, 15) is 0 Å². The number of aromatic nitrogens is 5. The van der Waals surface area contributed by atoms with Gasteiger partial charge in [0, 0.05) is 31.5 Å². The Bertz CT molecular complexity index is 1010. The average molecular weight is 391 g/mol. The molecule has 2 aromatic carbocycles. The Morgan fingerprint density at radius 1 is 1.00 bits per heavy atom. The number of aryl methyl sites for hydroxylation is 1. The summed E-state index contributed by atoms with van der Waals surface area (Å²) in [5.41, 5.74) is 5.80. The van der Waals surface area contributed by atoms with E-state index in [0.717, 1.165) is 40.8 Å². The predicted molar refractivity (Wildman–Crippen MR) is 113 cm³/mol. The summed E-state index contributed by atoms with van der Waals surface area (Å²) in [6.45, 7) is 1.65. The first-order valence-corrected chi connectivity index (χ1v) is 10.2. The van der Waals surface area contributed by atoms with Crippen molar-refractivity contribution in [2.24, 2.45) is 7.05 Å². The normalized spacial score (nSPS) is 11.0. The molecule has 0 aliphatic rings. The molecule has 2 aromatic heterocycles. The molecule has 142 valence electrons. The zero-order valence-electron chi connectivity index (χ0n) is 15.7. The van der Waals surface area contributed by atoms with E-state index in [2.05, 4.69) is 74.2 Å². The molecule has 0 spiro atoms. The average Bonchev–Trinajstić information content (AvgIpc) is 3.37. The SMILES string of the molecule is Cn1cnnc1SCCNCc1cn[nH]c1-c1ccc(-c2ccccc2)cc1. The minimum Gasteiger partial charge on any atom is -0.312 e. The number of hydrogen-bond acceptors (Lipinski definition) is 5. The summed E-state index contributed by atoms with van der Waals surface area (Å²) < 4.78 is 1.93. The van der Waals surface area contributed by atoms with Crippen LogP contribution in [0.1, 0.15) is 5.56 Å². The molecule has 0 amide bonds. The number of aromatic amines is 1. The fourth-order valence-corrected chi connectivity index (χ4v) is 3.78. The molecule has 0 atom stereocenters. The van der Waals surface area contributed by atoms with Crippen molar-refractivity contribution in [3.63, 3.8) is 0 Å². The highest BCUT2D eigenvalue weighted by atomic mass is 32.2. The van der Waals surface area contributed by atoms with Gasteiger partial charge >= 0.3 is 0 Å². The standard InChI is InChI=1S/C21H22N6S/c1-27-15-24-26-21(27)28-12-11-22-13-19-14-23-25-20(19)18-9-7-17(8-10-18)16-5-3-2-4-6-16/h2-10,14-15,22H,11-13H2,1H3,(H,23,25). The number of rotatable bonds is 8. The lowest BCUT2D eigenvalue weighted by molar-refractivity contribution is 0.729. The van der Waals surface area contributed by atoms with Gasteiger partial charge in [-0.2, -0.15) is 5.10 Å². The summed E-state index contributed by atoms with van der Waals surface area (Å²) >= 11 is 1.69. The third-order valence-electron chi connectivity index (χ3n) is 4.49. The molecule has 0 aliphatic carbocycles. The summed E-state index contributed by atoms with van der Waals surface area (Å²) in [7, 11) is 1.95. The van der Waals surface area contributed by atoms with Gasteiger partial charge in [0.1, 0.15) is 6.33 Å². The van der Waals surface area contributed by atoms with E-state index in [1.807, 2.05) is 23.9 Å². The molecule has 0 unspecified atom stereocenters. The van der Waals surface area contributed by atoms with Crippen LogP contribution in [0.25, 0.3) is 22.4 Å². The van der Waals surface area contributed by atoms with Crippen molar-refractivity contribution in [1.29, 1.82) is 0 Å². The summed E-state index contributed by atoms with van der Waals surface area (Å²) in [5.74, 6) is 0.936. The second-order valence-corrected chi connectivity index (χ2v) is 7.53. The smallest absolute Gasteiger partial charge is 0.190 e. The van der Waals surface area contributed by atoms with Crippen LogP contribution in [0.3, 0.4) is 0 Å². The van der Waals surface area contributed by atoms with Crippen LogP contribution < -0.4 is 5.32 Å². The van der Waals surface area contributed by atoms with Crippen LogP contribution in [-0.2, 0) is 13.6 Å². The van der Waals surface area contributed by atoms with E-state index >= 15 is 0 Å². The van der Waals surface area contributed by atoms with Crippen molar-refractivity contribution < 1.29 is 0 Å². The van der Waals surface area contributed by atoms with Crippen LogP contribution in [0.15, 0.2) is 72.3 Å². The molecule has 0 saturated carbocycles. The molecule has 4 aromatic rings. The van der Waals surface area contributed by atoms with Gasteiger partial charge in [-0.25, -0.2) is 0 Å². The number of hydrogen-bond donors (Lipinski definition) is 2. The minimum atomic E-state index is 0.769. The Morgan fingerprint density at radius 3 is 2.50 bits per heavy atom. The molecule has 6 nitrogen and oxygen atoms in total. The number of thioether (sulfide) groups is 1. The van der Waals surface area contributed by atoms with Crippen LogP contribution in [0, 0.1) is 0 Å². The van der Waals surface area contributed by atoms with Crippen LogP contribution in [-0.4, -0.2) is 37.3 Å². The van der Waals surface area contributed by atoms with Gasteiger partial charge in [0.25, 0.3) is 0 Å². The third kappa shape index (κ3) is 4.32. The van der Waals surface area contributed by atoms with Gasteiger partial charge in [-0.3, -0.25) is 5.10 Å². The Kier molecular flexibility index (Phi) is 5.84. The zero-order valence-corrected chi connectivity index (χ0v) is 16.5. The maximum Gasteiger partial charge on any atom is 0.190 e.